The van der Waals surface area contributed by atoms with Gasteiger partial charge in [0.15, 0.2) is 0 Å². The fraction of sp³-hybridized carbons (Fsp3) is 0.545. The van der Waals surface area contributed by atoms with Crippen LogP contribution in [0.5, 0.6) is 5.75 Å². The van der Waals surface area contributed by atoms with Crippen LogP contribution in [0.15, 0.2) is 21.3 Å². The molecule has 0 aliphatic carbocycles. The number of hydrogen-bond acceptors (Lipinski definition) is 5. The Morgan fingerprint density at radius 2 is 2.12 bits per heavy atom. The van der Waals surface area contributed by atoms with E-state index < -0.39 is 17.8 Å². The average Bonchev–Trinajstić information content (AvgIpc) is 2.27. The van der Waals surface area contributed by atoms with Gasteiger partial charge in [-0.05, 0) is 6.42 Å². The fourth-order valence-corrected chi connectivity index (χ4v) is 1.30. The molecular formula is C11H16O5. The minimum Gasteiger partial charge on any atom is -0.496 e. The van der Waals surface area contributed by atoms with Crippen molar-refractivity contribution in [3.8, 4) is 5.75 Å². The van der Waals surface area contributed by atoms with E-state index in [0.29, 0.717) is 12.2 Å². The summed E-state index contributed by atoms with van der Waals surface area (Å²) < 4.78 is 9.71. The Morgan fingerprint density at radius 1 is 1.44 bits per heavy atom. The van der Waals surface area contributed by atoms with Gasteiger partial charge in [-0.3, -0.25) is 0 Å². The molecule has 0 bridgehead atoms. The van der Waals surface area contributed by atoms with E-state index in [1.54, 1.807) is 6.92 Å². The highest BCUT2D eigenvalue weighted by molar-refractivity contribution is 5.21. The molecule has 0 saturated heterocycles. The van der Waals surface area contributed by atoms with Crippen molar-refractivity contribution in [1.29, 1.82) is 0 Å². The number of ether oxygens (including phenoxy) is 1. The van der Waals surface area contributed by atoms with Gasteiger partial charge < -0.3 is 19.4 Å². The summed E-state index contributed by atoms with van der Waals surface area (Å²) in [5.41, 5.74) is -0.584. The van der Waals surface area contributed by atoms with E-state index in [4.69, 9.17) is 9.15 Å². The lowest BCUT2D eigenvalue weighted by atomic mass is 10.1. The van der Waals surface area contributed by atoms with Gasteiger partial charge in [-0.2, -0.15) is 0 Å². The van der Waals surface area contributed by atoms with Crippen LogP contribution in [0.2, 0.25) is 0 Å². The van der Waals surface area contributed by atoms with Gasteiger partial charge in [0, 0.05) is 12.5 Å². The molecule has 1 rings (SSSR count). The second kappa shape index (κ2) is 5.67. The standard InChI is InChI=1S/C11H16O5/c1-3-7(12)4-9(13)10-5-8(15-2)6-11(14)16-10/h5-7,9,12-13H,3-4H2,1-2H3. The van der Waals surface area contributed by atoms with Crippen LogP contribution in [0.3, 0.4) is 0 Å². The van der Waals surface area contributed by atoms with Crippen molar-refractivity contribution < 1.29 is 19.4 Å². The molecule has 0 saturated carbocycles. The lowest BCUT2D eigenvalue weighted by Crippen LogP contribution is -2.12. The molecule has 0 spiro atoms. The summed E-state index contributed by atoms with van der Waals surface area (Å²) in [6.45, 7) is 1.80. The monoisotopic (exact) mass is 228 g/mol. The quantitative estimate of drug-likeness (QED) is 0.780. The second-order valence-electron chi connectivity index (χ2n) is 3.53. The molecule has 90 valence electrons. The first-order chi connectivity index (χ1) is 7.56. The molecule has 1 heterocycles. The SMILES string of the molecule is CCC(O)CC(O)c1cc(OC)cc(=O)o1. The minimum absolute atomic E-state index is 0.108. The molecule has 1 aromatic heterocycles. The van der Waals surface area contributed by atoms with Gasteiger partial charge in [0.05, 0.1) is 19.3 Å². The van der Waals surface area contributed by atoms with Gasteiger partial charge >= 0.3 is 5.63 Å². The molecule has 2 N–H and O–H groups in total. The Morgan fingerprint density at radius 3 is 2.69 bits per heavy atom. The fourth-order valence-electron chi connectivity index (χ4n) is 1.30. The van der Waals surface area contributed by atoms with Gasteiger partial charge in [-0.1, -0.05) is 6.92 Å². The molecule has 0 radical (unpaired) electrons. The van der Waals surface area contributed by atoms with E-state index in [1.165, 1.54) is 19.2 Å². The zero-order chi connectivity index (χ0) is 12.1. The van der Waals surface area contributed by atoms with Crippen LogP contribution in [0, 0.1) is 0 Å². The van der Waals surface area contributed by atoms with E-state index >= 15 is 0 Å². The minimum atomic E-state index is -1.00. The first kappa shape index (κ1) is 12.7. The summed E-state index contributed by atoms with van der Waals surface area (Å²) in [5, 5.41) is 19.1. The predicted molar refractivity (Wildman–Crippen MR) is 57.4 cm³/mol. The molecule has 1 aromatic rings. The van der Waals surface area contributed by atoms with Crippen LogP contribution in [0.25, 0.3) is 0 Å². The Bertz CT molecular complexity index is 384. The largest absolute Gasteiger partial charge is 0.496 e. The zero-order valence-corrected chi connectivity index (χ0v) is 9.34. The van der Waals surface area contributed by atoms with E-state index in [0.717, 1.165) is 0 Å². The van der Waals surface area contributed by atoms with Gasteiger partial charge in [-0.25, -0.2) is 4.79 Å². The average molecular weight is 228 g/mol. The molecule has 16 heavy (non-hydrogen) atoms. The molecule has 5 heteroatoms. The van der Waals surface area contributed by atoms with Gasteiger partial charge in [-0.15, -0.1) is 0 Å². The van der Waals surface area contributed by atoms with E-state index in [1.807, 2.05) is 0 Å². The van der Waals surface area contributed by atoms with Crippen LogP contribution in [0.1, 0.15) is 31.6 Å². The van der Waals surface area contributed by atoms with Crippen LogP contribution < -0.4 is 10.4 Å². The van der Waals surface area contributed by atoms with Crippen LogP contribution in [-0.2, 0) is 0 Å². The second-order valence-corrected chi connectivity index (χ2v) is 3.53. The van der Waals surface area contributed by atoms with Gasteiger partial charge in [0.25, 0.3) is 0 Å². The maximum absolute atomic E-state index is 11.1. The number of aliphatic hydroxyl groups is 2. The summed E-state index contributed by atoms with van der Waals surface area (Å²) in [6.07, 6.45) is -0.957. The Kier molecular flexibility index (Phi) is 4.52. The number of rotatable bonds is 5. The van der Waals surface area contributed by atoms with Crippen molar-refractivity contribution in [2.75, 3.05) is 7.11 Å². The Balaban J connectivity index is 2.86. The third-order valence-electron chi connectivity index (χ3n) is 2.29. The van der Waals surface area contributed by atoms with Crippen molar-refractivity contribution in [1.82, 2.24) is 0 Å². The number of aliphatic hydroxyl groups excluding tert-OH is 2. The van der Waals surface area contributed by atoms with E-state index in [2.05, 4.69) is 0 Å². The Hall–Kier alpha value is -1.33. The van der Waals surface area contributed by atoms with Crippen LogP contribution >= 0.6 is 0 Å². The van der Waals surface area contributed by atoms with Crippen molar-refractivity contribution >= 4 is 0 Å². The van der Waals surface area contributed by atoms with Crippen molar-refractivity contribution in [3.05, 3.63) is 28.3 Å². The molecule has 0 aliphatic rings. The topological polar surface area (TPSA) is 79.9 Å². The van der Waals surface area contributed by atoms with E-state index in [-0.39, 0.29) is 12.2 Å². The van der Waals surface area contributed by atoms with Gasteiger partial charge in [0.2, 0.25) is 0 Å². The number of hydrogen-bond donors (Lipinski definition) is 2. The van der Waals surface area contributed by atoms with Gasteiger partial charge in [0.1, 0.15) is 17.6 Å². The summed E-state index contributed by atoms with van der Waals surface area (Å²) in [6, 6.07) is 2.63. The predicted octanol–water partition coefficient (Wildman–Crippen LogP) is 0.843. The summed E-state index contributed by atoms with van der Waals surface area (Å²) in [5.74, 6) is 0.438. The normalized spacial score (nSPS) is 14.5. The molecular weight excluding hydrogens is 212 g/mol. The summed E-state index contributed by atoms with van der Waals surface area (Å²) >= 11 is 0. The summed E-state index contributed by atoms with van der Waals surface area (Å²) in [4.78, 5) is 11.1. The van der Waals surface area contributed by atoms with E-state index in [9.17, 15) is 15.0 Å². The highest BCUT2D eigenvalue weighted by Crippen LogP contribution is 2.21. The molecule has 0 aliphatic heterocycles. The summed E-state index contributed by atoms with van der Waals surface area (Å²) in [7, 11) is 1.42. The van der Waals surface area contributed by atoms with Crippen LogP contribution in [-0.4, -0.2) is 23.4 Å². The lowest BCUT2D eigenvalue weighted by molar-refractivity contribution is 0.0633. The Labute approximate surface area is 93.3 Å². The van der Waals surface area contributed by atoms with Crippen molar-refractivity contribution in [3.63, 3.8) is 0 Å². The van der Waals surface area contributed by atoms with Crippen LogP contribution in [0.4, 0.5) is 0 Å². The first-order valence-electron chi connectivity index (χ1n) is 5.12. The zero-order valence-electron chi connectivity index (χ0n) is 9.34. The van der Waals surface area contributed by atoms with Crippen molar-refractivity contribution in [2.24, 2.45) is 0 Å². The molecule has 2 atom stereocenters. The number of methoxy groups -OCH3 is 1. The third kappa shape index (κ3) is 3.36. The third-order valence-corrected chi connectivity index (χ3v) is 2.29. The lowest BCUT2D eigenvalue weighted by Gasteiger charge is -2.13. The highest BCUT2D eigenvalue weighted by Gasteiger charge is 2.16. The maximum Gasteiger partial charge on any atom is 0.339 e. The van der Waals surface area contributed by atoms with Crippen molar-refractivity contribution in [2.45, 2.75) is 32.0 Å². The highest BCUT2D eigenvalue weighted by atomic mass is 16.5. The molecule has 0 aromatic carbocycles. The first-order valence-corrected chi connectivity index (χ1v) is 5.12. The molecule has 5 nitrogen and oxygen atoms in total. The smallest absolute Gasteiger partial charge is 0.339 e. The maximum atomic E-state index is 11.1. The molecule has 0 amide bonds. The molecule has 2 unspecified atom stereocenters. The molecule has 0 fully saturated rings.